The number of para-hydroxylation sites is 1. The van der Waals surface area contributed by atoms with Gasteiger partial charge in [-0.2, -0.15) is 5.10 Å². The first kappa shape index (κ1) is 24.7. The van der Waals surface area contributed by atoms with Gasteiger partial charge in [-0.25, -0.2) is 9.18 Å². The maximum atomic E-state index is 13.3. The number of urea groups is 1. The first-order valence-electron chi connectivity index (χ1n) is 10.9. The lowest BCUT2D eigenvalue weighted by Crippen LogP contribution is -2.54. The molecule has 0 bridgehead atoms. The summed E-state index contributed by atoms with van der Waals surface area (Å²) in [5.74, 6) is -1.20. The van der Waals surface area contributed by atoms with Crippen LogP contribution in [0, 0.1) is 11.2 Å². The molecule has 0 radical (unpaired) electrons. The maximum absolute atomic E-state index is 13.3. The molecule has 4 amide bonds. The Labute approximate surface area is 196 Å². The molecular weight excluding hydrogens is 439 g/mol. The second-order valence-electron chi connectivity index (χ2n) is 9.00. The second kappa shape index (κ2) is 10.3. The van der Waals surface area contributed by atoms with Crippen LogP contribution in [0.25, 0.3) is 10.9 Å². The highest BCUT2D eigenvalue weighted by Crippen LogP contribution is 2.23. The molecule has 9 nitrogen and oxygen atoms in total. The Morgan fingerprint density at radius 1 is 1.03 bits per heavy atom. The number of carbonyl (C=O) groups is 3. The number of halogens is 1. The normalized spacial score (nSPS) is 12.2. The van der Waals surface area contributed by atoms with E-state index in [2.05, 4.69) is 21.0 Å². The molecule has 0 spiro atoms. The minimum Gasteiger partial charge on any atom is -0.353 e. The fraction of sp³-hybridized carbons (Fsp3) is 0.333. The Morgan fingerprint density at radius 3 is 2.32 bits per heavy atom. The van der Waals surface area contributed by atoms with Crippen molar-refractivity contribution in [2.24, 2.45) is 11.1 Å². The Bertz CT molecular complexity index is 1180. The third kappa shape index (κ3) is 6.09. The van der Waals surface area contributed by atoms with E-state index in [1.54, 1.807) is 22.9 Å². The number of nitrogens with two attached hydrogens (primary N) is 1. The van der Waals surface area contributed by atoms with Crippen LogP contribution < -0.4 is 21.7 Å². The number of carbonyl (C=O) groups excluding carboxylic acids is 3. The lowest BCUT2D eigenvalue weighted by Gasteiger charge is -2.30. The number of primary amides is 1. The molecule has 1 aromatic heterocycles. The summed E-state index contributed by atoms with van der Waals surface area (Å²) in [5.41, 5.74) is 6.20. The van der Waals surface area contributed by atoms with E-state index in [1.165, 1.54) is 12.1 Å². The van der Waals surface area contributed by atoms with Gasteiger partial charge in [0.25, 0.3) is 5.91 Å². The number of hydrogen-bond donors (Lipinski definition) is 4. The number of rotatable bonds is 8. The van der Waals surface area contributed by atoms with E-state index < -0.39 is 23.4 Å². The van der Waals surface area contributed by atoms with E-state index >= 15 is 0 Å². The molecule has 1 heterocycles. The highest BCUT2D eigenvalue weighted by Gasteiger charge is 2.34. The second-order valence-corrected chi connectivity index (χ2v) is 9.00. The number of hydrogen-bond acceptors (Lipinski definition) is 4. The topological polar surface area (TPSA) is 131 Å². The molecule has 0 aliphatic heterocycles. The first-order chi connectivity index (χ1) is 16.1. The third-order valence-electron chi connectivity index (χ3n) is 5.25. The lowest BCUT2D eigenvalue weighted by atomic mass is 9.86. The number of nitrogens with one attached hydrogen (secondary N) is 3. The minimum absolute atomic E-state index is 0.166. The molecule has 180 valence electrons. The van der Waals surface area contributed by atoms with Crippen LogP contribution in [0.3, 0.4) is 0 Å². The standard InChI is InChI=1S/C24H29FN6O3/c1-24(2,3)20(22(33)27-12-13-28-23(26)34)29-21(32)19-17-6-4-5-7-18(17)31(30-19)14-15-8-10-16(25)11-9-15/h4-11,20H,12-14H2,1-3H3,(H,27,33)(H,29,32)(H3,26,28,34). The van der Waals surface area contributed by atoms with Gasteiger partial charge in [0.2, 0.25) is 5.91 Å². The molecule has 0 saturated carbocycles. The van der Waals surface area contributed by atoms with Gasteiger partial charge >= 0.3 is 6.03 Å². The molecule has 10 heteroatoms. The molecule has 3 aromatic rings. The Hall–Kier alpha value is -3.95. The van der Waals surface area contributed by atoms with Crippen molar-refractivity contribution < 1.29 is 18.8 Å². The van der Waals surface area contributed by atoms with Gasteiger partial charge < -0.3 is 21.7 Å². The molecule has 5 N–H and O–H groups in total. The molecule has 34 heavy (non-hydrogen) atoms. The average Bonchev–Trinajstić information content (AvgIpc) is 3.14. The van der Waals surface area contributed by atoms with Crippen molar-refractivity contribution in [3.63, 3.8) is 0 Å². The van der Waals surface area contributed by atoms with Gasteiger partial charge in [0.05, 0.1) is 12.1 Å². The van der Waals surface area contributed by atoms with Gasteiger partial charge in [-0.15, -0.1) is 0 Å². The number of benzene rings is 2. The first-order valence-corrected chi connectivity index (χ1v) is 10.9. The fourth-order valence-corrected chi connectivity index (χ4v) is 3.53. The summed E-state index contributed by atoms with van der Waals surface area (Å²) in [6, 6.07) is 11.8. The van der Waals surface area contributed by atoms with Crippen molar-refractivity contribution in [1.82, 2.24) is 25.7 Å². The van der Waals surface area contributed by atoms with Crippen LogP contribution in [0.15, 0.2) is 48.5 Å². The third-order valence-corrected chi connectivity index (χ3v) is 5.25. The summed E-state index contributed by atoms with van der Waals surface area (Å²) in [7, 11) is 0. The van der Waals surface area contributed by atoms with Crippen molar-refractivity contribution in [1.29, 1.82) is 0 Å². The van der Waals surface area contributed by atoms with Gasteiger partial charge in [-0.3, -0.25) is 14.3 Å². The fourth-order valence-electron chi connectivity index (χ4n) is 3.53. The van der Waals surface area contributed by atoms with E-state index in [0.717, 1.165) is 11.1 Å². The molecule has 0 aliphatic rings. The minimum atomic E-state index is -0.852. The lowest BCUT2D eigenvalue weighted by molar-refractivity contribution is -0.125. The average molecular weight is 469 g/mol. The van der Waals surface area contributed by atoms with Crippen molar-refractivity contribution >= 4 is 28.7 Å². The van der Waals surface area contributed by atoms with Crippen LogP contribution in [-0.4, -0.2) is 46.8 Å². The van der Waals surface area contributed by atoms with Gasteiger partial charge in [-0.05, 0) is 29.2 Å². The molecule has 0 saturated heterocycles. The van der Waals surface area contributed by atoms with Crippen LogP contribution in [-0.2, 0) is 11.3 Å². The Balaban J connectivity index is 1.82. The van der Waals surface area contributed by atoms with Crippen molar-refractivity contribution in [2.75, 3.05) is 13.1 Å². The number of amides is 4. The summed E-state index contributed by atoms with van der Waals surface area (Å²) < 4.78 is 15.0. The smallest absolute Gasteiger partial charge is 0.312 e. The molecular formula is C24H29FN6O3. The van der Waals surface area contributed by atoms with Gasteiger partial charge in [-0.1, -0.05) is 51.1 Å². The van der Waals surface area contributed by atoms with Gasteiger partial charge in [0.1, 0.15) is 11.9 Å². The predicted molar refractivity (Wildman–Crippen MR) is 127 cm³/mol. The maximum Gasteiger partial charge on any atom is 0.312 e. The summed E-state index contributed by atoms with van der Waals surface area (Å²) in [6.45, 7) is 6.20. The molecule has 2 aromatic carbocycles. The summed E-state index contributed by atoms with van der Waals surface area (Å²) in [6.07, 6.45) is 0. The van der Waals surface area contributed by atoms with Gasteiger partial charge in [0.15, 0.2) is 5.69 Å². The van der Waals surface area contributed by atoms with Crippen molar-refractivity contribution in [3.8, 4) is 0 Å². The number of fused-ring (bicyclic) bond motifs is 1. The van der Waals surface area contributed by atoms with Gasteiger partial charge in [0, 0.05) is 18.5 Å². The number of aromatic nitrogens is 2. The molecule has 1 atom stereocenters. The zero-order chi connectivity index (χ0) is 24.9. The predicted octanol–water partition coefficient (Wildman–Crippen LogP) is 2.15. The summed E-state index contributed by atoms with van der Waals surface area (Å²) in [5, 5.41) is 13.1. The highest BCUT2D eigenvalue weighted by atomic mass is 19.1. The zero-order valence-corrected chi connectivity index (χ0v) is 19.4. The van der Waals surface area contributed by atoms with Crippen molar-refractivity contribution in [2.45, 2.75) is 33.4 Å². The molecule has 3 rings (SSSR count). The van der Waals surface area contributed by atoms with E-state index in [0.29, 0.717) is 11.9 Å². The SMILES string of the molecule is CC(C)(C)C(NC(=O)c1nn(Cc2ccc(F)cc2)c2ccccc12)C(=O)NCCNC(N)=O. The van der Waals surface area contributed by atoms with E-state index in [4.69, 9.17) is 5.73 Å². The quantitative estimate of drug-likeness (QED) is 0.377. The number of nitrogens with zero attached hydrogens (tertiary/aromatic N) is 2. The van der Waals surface area contributed by atoms with E-state index in [9.17, 15) is 18.8 Å². The largest absolute Gasteiger partial charge is 0.353 e. The van der Waals surface area contributed by atoms with Crippen LogP contribution in [0.4, 0.5) is 9.18 Å². The van der Waals surface area contributed by atoms with Crippen LogP contribution in [0.1, 0.15) is 36.8 Å². The van der Waals surface area contributed by atoms with Crippen molar-refractivity contribution in [3.05, 3.63) is 65.6 Å². The summed E-state index contributed by atoms with van der Waals surface area (Å²) in [4.78, 5) is 36.9. The van der Waals surface area contributed by atoms with Crippen LogP contribution in [0.2, 0.25) is 0 Å². The van der Waals surface area contributed by atoms with E-state index in [-0.39, 0.29) is 30.5 Å². The zero-order valence-electron chi connectivity index (χ0n) is 19.4. The molecule has 0 fully saturated rings. The Morgan fingerprint density at radius 2 is 1.68 bits per heavy atom. The van der Waals surface area contributed by atoms with Crippen LogP contribution in [0.5, 0.6) is 0 Å². The van der Waals surface area contributed by atoms with E-state index in [1.807, 2.05) is 39.0 Å². The monoisotopic (exact) mass is 468 g/mol. The highest BCUT2D eigenvalue weighted by molar-refractivity contribution is 6.06. The molecule has 1 unspecified atom stereocenters. The summed E-state index contributed by atoms with van der Waals surface area (Å²) >= 11 is 0. The Kier molecular flexibility index (Phi) is 7.50. The van der Waals surface area contributed by atoms with Crippen LogP contribution >= 0.6 is 0 Å². The molecule has 0 aliphatic carbocycles.